The van der Waals surface area contributed by atoms with Crippen molar-refractivity contribution < 1.29 is 4.79 Å². The number of aromatic amines is 1. The first-order valence-electron chi connectivity index (χ1n) is 11.0. The van der Waals surface area contributed by atoms with E-state index in [0.29, 0.717) is 22.9 Å². The number of carbonyl (C=O) groups excluding carboxylic acids is 1. The largest absolute Gasteiger partial charge is 0.359 e. The molecule has 0 bridgehead atoms. The van der Waals surface area contributed by atoms with Crippen LogP contribution in [-0.4, -0.2) is 39.7 Å². The molecule has 1 saturated carbocycles. The van der Waals surface area contributed by atoms with Gasteiger partial charge in [0, 0.05) is 23.8 Å². The summed E-state index contributed by atoms with van der Waals surface area (Å²) < 4.78 is 0. The second-order valence-corrected chi connectivity index (χ2v) is 8.04. The van der Waals surface area contributed by atoms with Crippen LogP contribution in [0.3, 0.4) is 0 Å². The van der Waals surface area contributed by atoms with Crippen molar-refractivity contribution in [2.45, 2.75) is 58.3 Å². The van der Waals surface area contributed by atoms with Gasteiger partial charge in [-0.05, 0) is 62.4 Å². The maximum Gasteiger partial charge on any atom is 0.273 e. The SMILES string of the molecule is CCNCCc1c(C)[nH]c(C=C2C(=O)NN=C2c2cnccn2)c1C1CCCCC1. The molecule has 158 valence electrons. The molecule has 1 fully saturated rings. The van der Waals surface area contributed by atoms with E-state index in [4.69, 9.17) is 0 Å². The molecular formula is C23H30N6O. The van der Waals surface area contributed by atoms with Crippen molar-refractivity contribution in [1.82, 2.24) is 25.7 Å². The van der Waals surface area contributed by atoms with Crippen molar-refractivity contribution in [2.75, 3.05) is 13.1 Å². The van der Waals surface area contributed by atoms with Crippen LogP contribution in [0.2, 0.25) is 0 Å². The Labute approximate surface area is 177 Å². The summed E-state index contributed by atoms with van der Waals surface area (Å²) in [7, 11) is 0. The van der Waals surface area contributed by atoms with Gasteiger partial charge in [0.1, 0.15) is 11.4 Å². The topological polar surface area (TPSA) is 95.1 Å². The third-order valence-electron chi connectivity index (χ3n) is 6.07. The van der Waals surface area contributed by atoms with E-state index in [1.54, 1.807) is 18.6 Å². The van der Waals surface area contributed by atoms with Gasteiger partial charge >= 0.3 is 0 Å². The molecule has 3 N–H and O–H groups in total. The van der Waals surface area contributed by atoms with Crippen LogP contribution in [0.4, 0.5) is 0 Å². The fraction of sp³-hybridized carbons (Fsp3) is 0.478. The van der Waals surface area contributed by atoms with E-state index in [1.165, 1.54) is 48.9 Å². The minimum atomic E-state index is -0.202. The van der Waals surface area contributed by atoms with Gasteiger partial charge in [-0.25, -0.2) is 5.43 Å². The average molecular weight is 407 g/mol. The summed E-state index contributed by atoms with van der Waals surface area (Å²) >= 11 is 0. The summed E-state index contributed by atoms with van der Waals surface area (Å²) in [6.45, 7) is 6.20. The van der Waals surface area contributed by atoms with Gasteiger partial charge in [-0.2, -0.15) is 5.10 Å². The van der Waals surface area contributed by atoms with Gasteiger partial charge in [0.15, 0.2) is 0 Å². The molecular weight excluding hydrogens is 376 g/mol. The second kappa shape index (κ2) is 9.34. The number of nitrogens with one attached hydrogen (secondary N) is 3. The van der Waals surface area contributed by atoms with E-state index in [-0.39, 0.29) is 5.91 Å². The molecule has 0 saturated heterocycles. The number of nitrogens with zero attached hydrogens (tertiary/aromatic N) is 3. The number of likely N-dealkylation sites (N-methyl/N-ethyl adjacent to an activating group) is 1. The second-order valence-electron chi connectivity index (χ2n) is 8.04. The molecule has 4 rings (SSSR count). The lowest BCUT2D eigenvalue weighted by molar-refractivity contribution is -0.116. The Bertz CT molecular complexity index is 954. The molecule has 30 heavy (non-hydrogen) atoms. The molecule has 1 aliphatic heterocycles. The lowest BCUT2D eigenvalue weighted by atomic mass is 9.81. The first kappa shape index (κ1) is 20.5. The summed E-state index contributed by atoms with van der Waals surface area (Å²) in [5.74, 6) is 0.334. The standard InChI is InChI=1S/C23H30N6O/c1-3-24-10-9-17-15(2)27-19(21(17)16-7-5-4-6-8-16)13-18-22(28-29-23(18)30)20-14-25-11-12-26-20/h11-14,16,24,27H,3-10H2,1-2H3,(H,29,30). The van der Waals surface area contributed by atoms with Gasteiger partial charge in [0.2, 0.25) is 0 Å². The molecule has 2 aliphatic rings. The van der Waals surface area contributed by atoms with Gasteiger partial charge in [-0.15, -0.1) is 0 Å². The molecule has 0 spiro atoms. The van der Waals surface area contributed by atoms with Crippen LogP contribution in [0.1, 0.15) is 73.2 Å². The Balaban J connectivity index is 1.74. The molecule has 0 radical (unpaired) electrons. The van der Waals surface area contributed by atoms with E-state index in [0.717, 1.165) is 25.2 Å². The van der Waals surface area contributed by atoms with Crippen molar-refractivity contribution in [2.24, 2.45) is 5.10 Å². The zero-order chi connectivity index (χ0) is 20.9. The van der Waals surface area contributed by atoms with Crippen LogP contribution in [0.15, 0.2) is 29.3 Å². The molecule has 3 heterocycles. The van der Waals surface area contributed by atoms with Gasteiger partial charge in [0.25, 0.3) is 5.91 Å². The Morgan fingerprint density at radius 3 is 2.80 bits per heavy atom. The molecule has 2 aromatic heterocycles. The molecule has 0 atom stereocenters. The Morgan fingerprint density at radius 2 is 2.07 bits per heavy atom. The van der Waals surface area contributed by atoms with E-state index in [1.807, 2.05) is 6.08 Å². The first-order chi connectivity index (χ1) is 14.7. The van der Waals surface area contributed by atoms with Crippen molar-refractivity contribution in [3.63, 3.8) is 0 Å². The first-order valence-corrected chi connectivity index (χ1v) is 11.0. The summed E-state index contributed by atoms with van der Waals surface area (Å²) in [5, 5.41) is 7.66. The number of hydrogen-bond acceptors (Lipinski definition) is 5. The highest BCUT2D eigenvalue weighted by atomic mass is 16.2. The number of amides is 1. The summed E-state index contributed by atoms with van der Waals surface area (Å²) in [5.41, 5.74) is 9.27. The molecule has 1 aliphatic carbocycles. The highest BCUT2D eigenvalue weighted by Crippen LogP contribution is 2.38. The van der Waals surface area contributed by atoms with Crippen LogP contribution in [0.5, 0.6) is 0 Å². The van der Waals surface area contributed by atoms with Crippen LogP contribution < -0.4 is 10.7 Å². The number of hydrogen-bond donors (Lipinski definition) is 3. The van der Waals surface area contributed by atoms with Gasteiger partial charge in [0.05, 0.1) is 11.8 Å². The minimum Gasteiger partial charge on any atom is -0.359 e. The molecule has 0 unspecified atom stereocenters. The molecule has 0 aromatic carbocycles. The Morgan fingerprint density at radius 1 is 1.23 bits per heavy atom. The predicted molar refractivity (Wildman–Crippen MR) is 118 cm³/mol. The van der Waals surface area contributed by atoms with Crippen LogP contribution in [-0.2, 0) is 11.2 Å². The lowest BCUT2D eigenvalue weighted by Gasteiger charge is -2.24. The fourth-order valence-electron chi connectivity index (χ4n) is 4.62. The van der Waals surface area contributed by atoms with Crippen molar-refractivity contribution in [3.05, 3.63) is 52.4 Å². The van der Waals surface area contributed by atoms with E-state index >= 15 is 0 Å². The van der Waals surface area contributed by atoms with Crippen LogP contribution in [0.25, 0.3) is 6.08 Å². The zero-order valence-corrected chi connectivity index (χ0v) is 17.8. The van der Waals surface area contributed by atoms with Crippen molar-refractivity contribution in [1.29, 1.82) is 0 Å². The number of carbonyl (C=O) groups is 1. The summed E-state index contributed by atoms with van der Waals surface area (Å²) in [4.78, 5) is 24.6. The van der Waals surface area contributed by atoms with E-state index < -0.39 is 0 Å². The number of aromatic nitrogens is 3. The maximum atomic E-state index is 12.6. The number of aryl methyl sites for hydroxylation is 1. The molecule has 7 nitrogen and oxygen atoms in total. The highest BCUT2D eigenvalue weighted by molar-refractivity contribution is 6.32. The molecule has 2 aromatic rings. The third kappa shape index (κ3) is 4.21. The molecule has 1 amide bonds. The monoisotopic (exact) mass is 406 g/mol. The fourth-order valence-corrected chi connectivity index (χ4v) is 4.62. The molecule has 7 heteroatoms. The lowest BCUT2D eigenvalue weighted by Crippen LogP contribution is -2.18. The average Bonchev–Trinajstić information content (AvgIpc) is 3.29. The maximum absolute atomic E-state index is 12.6. The summed E-state index contributed by atoms with van der Waals surface area (Å²) in [6.07, 6.45) is 14.1. The zero-order valence-electron chi connectivity index (χ0n) is 17.8. The minimum absolute atomic E-state index is 0.202. The normalized spacial score (nSPS) is 18.7. The van der Waals surface area contributed by atoms with Crippen molar-refractivity contribution >= 4 is 17.7 Å². The Hall–Kier alpha value is -2.80. The number of H-pyrrole nitrogens is 1. The van der Waals surface area contributed by atoms with Gasteiger partial charge in [-0.1, -0.05) is 26.2 Å². The number of hydrazone groups is 1. The van der Waals surface area contributed by atoms with Crippen LogP contribution >= 0.6 is 0 Å². The number of rotatable bonds is 7. The Kier molecular flexibility index (Phi) is 6.38. The van der Waals surface area contributed by atoms with Gasteiger partial charge in [-0.3, -0.25) is 14.8 Å². The highest BCUT2D eigenvalue weighted by Gasteiger charge is 2.28. The van der Waals surface area contributed by atoms with E-state index in [2.05, 4.69) is 44.6 Å². The quantitative estimate of drug-likeness (QED) is 0.486. The van der Waals surface area contributed by atoms with Crippen LogP contribution in [0, 0.1) is 6.92 Å². The van der Waals surface area contributed by atoms with E-state index in [9.17, 15) is 4.79 Å². The third-order valence-corrected chi connectivity index (χ3v) is 6.07. The smallest absolute Gasteiger partial charge is 0.273 e. The van der Waals surface area contributed by atoms with Crippen molar-refractivity contribution in [3.8, 4) is 0 Å². The summed E-state index contributed by atoms with van der Waals surface area (Å²) in [6, 6.07) is 0. The van der Waals surface area contributed by atoms with Gasteiger partial charge < -0.3 is 10.3 Å². The predicted octanol–water partition coefficient (Wildman–Crippen LogP) is 3.23.